The topological polar surface area (TPSA) is 46.8 Å². The standard InChI is InChI=1S/C15H20FN5/c1-3-20-7-6-11(2)14(10-20)21-9-13(18-19-21)12-4-5-15(16)17-8-12/h4-5,8-9,11,14H,3,6-7,10H2,1-2H3. The van der Waals surface area contributed by atoms with Crippen LogP contribution in [0.1, 0.15) is 26.3 Å². The summed E-state index contributed by atoms with van der Waals surface area (Å²) in [6.07, 6.45) is 4.60. The van der Waals surface area contributed by atoms with Gasteiger partial charge >= 0.3 is 0 Å². The van der Waals surface area contributed by atoms with Crippen LogP contribution in [0.3, 0.4) is 0 Å². The van der Waals surface area contributed by atoms with Crippen LogP contribution in [-0.4, -0.2) is 44.5 Å². The minimum absolute atomic E-state index is 0.341. The van der Waals surface area contributed by atoms with Crippen LogP contribution in [0.25, 0.3) is 11.3 Å². The quantitative estimate of drug-likeness (QED) is 0.814. The van der Waals surface area contributed by atoms with Gasteiger partial charge in [-0.25, -0.2) is 9.67 Å². The Labute approximate surface area is 123 Å². The minimum atomic E-state index is -0.481. The highest BCUT2D eigenvalue weighted by Crippen LogP contribution is 2.28. The Morgan fingerprint density at radius 3 is 2.95 bits per heavy atom. The van der Waals surface area contributed by atoms with Crippen LogP contribution in [0.2, 0.25) is 0 Å². The molecule has 0 aromatic carbocycles. The molecule has 21 heavy (non-hydrogen) atoms. The van der Waals surface area contributed by atoms with Gasteiger partial charge in [-0.3, -0.25) is 0 Å². The van der Waals surface area contributed by atoms with Crippen LogP contribution in [0.5, 0.6) is 0 Å². The lowest BCUT2D eigenvalue weighted by atomic mass is 9.93. The molecule has 3 heterocycles. The molecule has 1 saturated heterocycles. The summed E-state index contributed by atoms with van der Waals surface area (Å²) in [6, 6.07) is 3.36. The molecule has 1 fully saturated rings. The van der Waals surface area contributed by atoms with Gasteiger partial charge in [0.05, 0.1) is 12.2 Å². The van der Waals surface area contributed by atoms with Crippen LogP contribution in [0.15, 0.2) is 24.5 Å². The normalized spacial score (nSPS) is 23.4. The van der Waals surface area contributed by atoms with Crippen molar-refractivity contribution >= 4 is 0 Å². The van der Waals surface area contributed by atoms with Gasteiger partial charge in [0.2, 0.25) is 5.95 Å². The second-order valence-corrected chi connectivity index (χ2v) is 5.68. The van der Waals surface area contributed by atoms with Gasteiger partial charge in [0.15, 0.2) is 0 Å². The Morgan fingerprint density at radius 2 is 2.24 bits per heavy atom. The monoisotopic (exact) mass is 289 g/mol. The molecule has 0 radical (unpaired) electrons. The van der Waals surface area contributed by atoms with Crippen molar-refractivity contribution in [1.82, 2.24) is 24.9 Å². The average Bonchev–Trinajstić information content (AvgIpc) is 2.98. The van der Waals surface area contributed by atoms with E-state index in [4.69, 9.17) is 0 Å². The predicted molar refractivity (Wildman–Crippen MR) is 78.1 cm³/mol. The number of hydrogen-bond donors (Lipinski definition) is 0. The fourth-order valence-corrected chi connectivity index (χ4v) is 2.84. The van der Waals surface area contributed by atoms with Crippen LogP contribution >= 0.6 is 0 Å². The summed E-state index contributed by atoms with van der Waals surface area (Å²) in [5.41, 5.74) is 1.53. The highest BCUT2D eigenvalue weighted by atomic mass is 19.1. The molecule has 2 aromatic heterocycles. The molecule has 3 rings (SSSR count). The van der Waals surface area contributed by atoms with E-state index in [9.17, 15) is 4.39 Å². The maximum absolute atomic E-state index is 12.9. The summed E-state index contributed by atoms with van der Waals surface area (Å²) in [5, 5.41) is 8.48. The zero-order valence-electron chi connectivity index (χ0n) is 12.4. The predicted octanol–water partition coefficient (Wildman–Crippen LogP) is 2.38. The molecular formula is C15H20FN5. The number of aromatic nitrogens is 4. The number of likely N-dealkylation sites (tertiary alicyclic amines) is 1. The lowest BCUT2D eigenvalue weighted by Gasteiger charge is -2.36. The maximum Gasteiger partial charge on any atom is 0.212 e. The molecule has 1 aliphatic rings. The summed E-state index contributed by atoms with van der Waals surface area (Å²) in [4.78, 5) is 6.10. The van der Waals surface area contributed by atoms with Crippen LogP contribution < -0.4 is 0 Å². The van der Waals surface area contributed by atoms with Gasteiger partial charge in [-0.1, -0.05) is 19.1 Å². The van der Waals surface area contributed by atoms with Crippen LogP contribution in [-0.2, 0) is 0 Å². The first kappa shape index (κ1) is 14.1. The first-order chi connectivity index (χ1) is 10.2. The van der Waals surface area contributed by atoms with Gasteiger partial charge in [-0.15, -0.1) is 5.10 Å². The highest BCUT2D eigenvalue weighted by molar-refractivity contribution is 5.55. The molecule has 1 aliphatic heterocycles. The molecular weight excluding hydrogens is 269 g/mol. The number of pyridine rings is 1. The second-order valence-electron chi connectivity index (χ2n) is 5.68. The lowest BCUT2D eigenvalue weighted by molar-refractivity contribution is 0.129. The number of likely N-dealkylation sites (N-methyl/N-ethyl adjacent to an activating group) is 1. The molecule has 2 atom stereocenters. The summed E-state index contributed by atoms with van der Waals surface area (Å²) >= 11 is 0. The fourth-order valence-electron chi connectivity index (χ4n) is 2.84. The highest BCUT2D eigenvalue weighted by Gasteiger charge is 2.27. The van der Waals surface area contributed by atoms with Gasteiger partial charge in [0.1, 0.15) is 5.69 Å². The van der Waals surface area contributed by atoms with Gasteiger partial charge < -0.3 is 4.90 Å². The Hall–Kier alpha value is -1.82. The Kier molecular flexibility index (Phi) is 3.96. The smallest absolute Gasteiger partial charge is 0.212 e. The van der Waals surface area contributed by atoms with Crippen molar-refractivity contribution < 1.29 is 4.39 Å². The molecule has 0 amide bonds. The van der Waals surface area contributed by atoms with E-state index in [1.165, 1.54) is 18.7 Å². The molecule has 6 heteroatoms. The molecule has 0 N–H and O–H groups in total. The molecule has 0 spiro atoms. The Morgan fingerprint density at radius 1 is 1.38 bits per heavy atom. The first-order valence-electron chi connectivity index (χ1n) is 7.43. The molecule has 112 valence electrons. The van der Waals surface area contributed by atoms with E-state index >= 15 is 0 Å². The van der Waals surface area contributed by atoms with E-state index in [1.54, 1.807) is 6.07 Å². The summed E-state index contributed by atoms with van der Waals surface area (Å²) < 4.78 is 14.8. The molecule has 2 aromatic rings. The van der Waals surface area contributed by atoms with Gasteiger partial charge in [0, 0.05) is 18.3 Å². The van der Waals surface area contributed by atoms with Crippen molar-refractivity contribution in [3.8, 4) is 11.3 Å². The van der Waals surface area contributed by atoms with Crippen LogP contribution in [0, 0.1) is 11.9 Å². The van der Waals surface area contributed by atoms with E-state index in [-0.39, 0.29) is 0 Å². The number of piperidine rings is 1. The number of rotatable bonds is 3. The number of halogens is 1. The van der Waals surface area contributed by atoms with Gasteiger partial charge in [-0.05, 0) is 37.6 Å². The third-order valence-electron chi connectivity index (χ3n) is 4.32. The van der Waals surface area contributed by atoms with E-state index in [0.717, 1.165) is 30.9 Å². The van der Waals surface area contributed by atoms with Gasteiger partial charge in [-0.2, -0.15) is 4.39 Å². The summed E-state index contributed by atoms with van der Waals surface area (Å²) in [6.45, 7) is 7.66. The summed E-state index contributed by atoms with van der Waals surface area (Å²) in [7, 11) is 0. The molecule has 5 nitrogen and oxygen atoms in total. The second kappa shape index (κ2) is 5.89. The minimum Gasteiger partial charge on any atom is -0.301 e. The molecule has 2 unspecified atom stereocenters. The zero-order valence-corrected chi connectivity index (χ0v) is 12.4. The van der Waals surface area contributed by atoms with Crippen molar-refractivity contribution in [3.05, 3.63) is 30.5 Å². The van der Waals surface area contributed by atoms with E-state index in [1.807, 2.05) is 10.9 Å². The van der Waals surface area contributed by atoms with Gasteiger partial charge in [0.25, 0.3) is 0 Å². The van der Waals surface area contributed by atoms with E-state index in [2.05, 4.69) is 34.0 Å². The largest absolute Gasteiger partial charge is 0.301 e. The van der Waals surface area contributed by atoms with Crippen LogP contribution in [0.4, 0.5) is 4.39 Å². The Bertz CT molecular complexity index is 594. The van der Waals surface area contributed by atoms with Crippen molar-refractivity contribution in [1.29, 1.82) is 0 Å². The number of hydrogen-bond acceptors (Lipinski definition) is 4. The third-order valence-corrected chi connectivity index (χ3v) is 4.32. The molecule has 0 saturated carbocycles. The lowest BCUT2D eigenvalue weighted by Crippen LogP contribution is -2.40. The van der Waals surface area contributed by atoms with Crippen molar-refractivity contribution in [2.45, 2.75) is 26.3 Å². The summed E-state index contributed by atoms with van der Waals surface area (Å²) in [5.74, 6) is 0.0966. The Balaban J connectivity index is 1.82. The molecule has 0 aliphatic carbocycles. The third kappa shape index (κ3) is 2.95. The zero-order chi connectivity index (χ0) is 14.8. The number of nitrogens with zero attached hydrogens (tertiary/aromatic N) is 5. The fraction of sp³-hybridized carbons (Fsp3) is 0.533. The van der Waals surface area contributed by atoms with Crippen molar-refractivity contribution in [3.63, 3.8) is 0 Å². The van der Waals surface area contributed by atoms with E-state index < -0.39 is 5.95 Å². The average molecular weight is 289 g/mol. The van der Waals surface area contributed by atoms with Crippen molar-refractivity contribution in [2.75, 3.05) is 19.6 Å². The van der Waals surface area contributed by atoms with E-state index in [0.29, 0.717) is 12.0 Å². The SMILES string of the molecule is CCN1CCC(C)C(n2cc(-c3ccc(F)nc3)nn2)C1. The molecule has 0 bridgehead atoms. The van der Waals surface area contributed by atoms with Crippen molar-refractivity contribution in [2.24, 2.45) is 5.92 Å². The maximum atomic E-state index is 12.9. The first-order valence-corrected chi connectivity index (χ1v) is 7.43.